The molecule has 1 fully saturated rings. The summed E-state index contributed by atoms with van der Waals surface area (Å²) < 4.78 is 29.7. The highest BCUT2D eigenvalue weighted by molar-refractivity contribution is 7.91. The minimum absolute atomic E-state index is 0.00333. The first-order chi connectivity index (χ1) is 14.9. The Morgan fingerprint density at radius 1 is 1.10 bits per heavy atom. The third kappa shape index (κ3) is 5.47. The maximum Gasteiger partial charge on any atom is 0.261 e. The topological polar surface area (TPSA) is 63.7 Å². The maximum atomic E-state index is 13.0. The van der Waals surface area contributed by atoms with Crippen LogP contribution < -0.4 is 4.74 Å². The molecule has 162 valence electrons. The molecule has 0 aliphatic carbocycles. The van der Waals surface area contributed by atoms with Gasteiger partial charge in [0.15, 0.2) is 16.4 Å². The second-order valence-corrected chi connectivity index (χ2v) is 11.1. The van der Waals surface area contributed by atoms with E-state index in [0.29, 0.717) is 23.7 Å². The third-order valence-corrected chi connectivity index (χ3v) is 8.17. The van der Waals surface area contributed by atoms with Gasteiger partial charge in [0, 0.05) is 10.9 Å². The van der Waals surface area contributed by atoms with Crippen LogP contribution in [0.25, 0.3) is 11.1 Å². The highest BCUT2D eigenvalue weighted by Crippen LogP contribution is 2.30. The summed E-state index contributed by atoms with van der Waals surface area (Å²) in [5.74, 6) is 0.277. The maximum absolute atomic E-state index is 13.0. The second kappa shape index (κ2) is 9.42. The predicted octanol–water partition coefficient (Wildman–Crippen LogP) is 4.66. The molecular weight excluding hydrogens is 454 g/mol. The standard InChI is InChI=1S/C23H22ClNO4S2/c24-21-13-18(17-5-2-1-3-6-17)8-9-22(21)29-15-23(26)25(14-20-7-4-11-30-20)19-10-12-31(27,28)16-19/h1-9,11,13,19H,10,12,14-16H2. The van der Waals surface area contributed by atoms with Crippen molar-refractivity contribution in [2.24, 2.45) is 0 Å². The first-order valence-electron chi connectivity index (χ1n) is 9.91. The number of hydrogen-bond donors (Lipinski definition) is 0. The summed E-state index contributed by atoms with van der Waals surface area (Å²) in [6.45, 7) is 0.174. The van der Waals surface area contributed by atoms with Gasteiger partial charge >= 0.3 is 0 Å². The number of benzene rings is 2. The van der Waals surface area contributed by atoms with E-state index in [0.717, 1.165) is 16.0 Å². The van der Waals surface area contributed by atoms with Crippen molar-refractivity contribution in [3.05, 3.63) is 75.9 Å². The van der Waals surface area contributed by atoms with Gasteiger partial charge in [-0.1, -0.05) is 54.1 Å². The van der Waals surface area contributed by atoms with Gasteiger partial charge in [-0.25, -0.2) is 8.42 Å². The molecule has 0 radical (unpaired) electrons. The predicted molar refractivity (Wildman–Crippen MR) is 124 cm³/mol. The van der Waals surface area contributed by atoms with Gasteiger partial charge in [-0.15, -0.1) is 11.3 Å². The highest BCUT2D eigenvalue weighted by Gasteiger charge is 2.35. The van der Waals surface area contributed by atoms with Gasteiger partial charge < -0.3 is 9.64 Å². The molecular formula is C23H22ClNO4S2. The molecule has 31 heavy (non-hydrogen) atoms. The monoisotopic (exact) mass is 475 g/mol. The molecule has 1 amide bonds. The van der Waals surface area contributed by atoms with Gasteiger partial charge in [-0.3, -0.25) is 4.79 Å². The minimum Gasteiger partial charge on any atom is -0.482 e. The van der Waals surface area contributed by atoms with E-state index in [1.165, 1.54) is 11.3 Å². The Labute approximate surface area is 191 Å². The number of hydrogen-bond acceptors (Lipinski definition) is 5. The molecule has 5 nitrogen and oxygen atoms in total. The van der Waals surface area contributed by atoms with Crippen molar-refractivity contribution in [1.29, 1.82) is 0 Å². The zero-order chi connectivity index (χ0) is 21.8. The van der Waals surface area contributed by atoms with Crippen molar-refractivity contribution in [1.82, 2.24) is 4.90 Å². The number of ether oxygens (including phenoxy) is 1. The fraction of sp³-hybridized carbons (Fsp3) is 0.261. The largest absolute Gasteiger partial charge is 0.482 e. The molecule has 1 aliphatic rings. The molecule has 0 N–H and O–H groups in total. The van der Waals surface area contributed by atoms with E-state index in [1.807, 2.05) is 60.0 Å². The number of nitrogens with zero attached hydrogens (tertiary/aromatic N) is 1. The van der Waals surface area contributed by atoms with Crippen LogP contribution in [0.15, 0.2) is 66.0 Å². The van der Waals surface area contributed by atoms with Crippen molar-refractivity contribution in [2.45, 2.75) is 19.0 Å². The molecule has 1 saturated heterocycles. The van der Waals surface area contributed by atoms with Crippen LogP contribution in [0.5, 0.6) is 5.75 Å². The van der Waals surface area contributed by atoms with Gasteiger partial charge in [-0.05, 0) is 41.1 Å². The van der Waals surface area contributed by atoms with Crippen LogP contribution in [0.3, 0.4) is 0 Å². The molecule has 4 rings (SSSR count). The van der Waals surface area contributed by atoms with Gasteiger partial charge in [0.1, 0.15) is 5.75 Å². The number of sulfone groups is 1. The number of halogens is 1. The molecule has 8 heteroatoms. The first kappa shape index (κ1) is 21.9. The molecule has 2 aromatic carbocycles. The molecule has 0 bridgehead atoms. The molecule has 1 atom stereocenters. The molecule has 0 saturated carbocycles. The summed E-state index contributed by atoms with van der Waals surface area (Å²) in [5, 5.41) is 2.36. The van der Waals surface area contributed by atoms with Crippen molar-refractivity contribution in [2.75, 3.05) is 18.1 Å². The number of amides is 1. The number of thiophene rings is 1. The van der Waals surface area contributed by atoms with E-state index in [2.05, 4.69) is 0 Å². The molecule has 0 spiro atoms. The number of carbonyl (C=O) groups excluding carboxylic acids is 1. The summed E-state index contributed by atoms with van der Waals surface area (Å²) in [6.07, 6.45) is 0.450. The Morgan fingerprint density at radius 2 is 1.90 bits per heavy atom. The van der Waals surface area contributed by atoms with Crippen LogP contribution in [0.1, 0.15) is 11.3 Å². The van der Waals surface area contributed by atoms with E-state index < -0.39 is 9.84 Å². The van der Waals surface area contributed by atoms with Gasteiger partial charge in [0.2, 0.25) is 0 Å². The van der Waals surface area contributed by atoms with E-state index in [-0.39, 0.29) is 30.1 Å². The van der Waals surface area contributed by atoms with Crippen molar-refractivity contribution >= 4 is 38.7 Å². The van der Waals surface area contributed by atoms with Crippen LogP contribution in [-0.2, 0) is 21.2 Å². The van der Waals surface area contributed by atoms with Crippen LogP contribution >= 0.6 is 22.9 Å². The Bertz CT molecular complexity index is 1150. The summed E-state index contributed by atoms with van der Waals surface area (Å²) in [4.78, 5) is 15.6. The number of rotatable bonds is 7. The van der Waals surface area contributed by atoms with Crippen molar-refractivity contribution in [3.63, 3.8) is 0 Å². The Hall–Kier alpha value is -2.35. The zero-order valence-electron chi connectivity index (χ0n) is 16.7. The molecule has 1 aromatic heterocycles. The SMILES string of the molecule is O=C(COc1ccc(-c2ccccc2)cc1Cl)N(Cc1cccs1)C1CCS(=O)(=O)C1. The quantitative estimate of drug-likeness (QED) is 0.498. The third-order valence-electron chi connectivity index (χ3n) is 5.27. The minimum atomic E-state index is -3.11. The van der Waals surface area contributed by atoms with E-state index >= 15 is 0 Å². The van der Waals surface area contributed by atoms with Crippen LogP contribution in [0.2, 0.25) is 5.02 Å². The lowest BCUT2D eigenvalue weighted by atomic mass is 10.1. The summed E-state index contributed by atoms with van der Waals surface area (Å²) in [5.41, 5.74) is 2.00. The average molecular weight is 476 g/mol. The number of carbonyl (C=O) groups is 1. The molecule has 3 aromatic rings. The van der Waals surface area contributed by atoms with Crippen LogP contribution in [0.4, 0.5) is 0 Å². The molecule has 1 aliphatic heterocycles. The average Bonchev–Trinajstić information content (AvgIpc) is 3.40. The normalized spacial score (nSPS) is 17.4. The zero-order valence-corrected chi connectivity index (χ0v) is 19.1. The van der Waals surface area contributed by atoms with Gasteiger partial charge in [-0.2, -0.15) is 0 Å². The van der Waals surface area contributed by atoms with Crippen LogP contribution in [-0.4, -0.2) is 43.4 Å². The fourth-order valence-corrected chi connectivity index (χ4v) is 6.33. The highest BCUT2D eigenvalue weighted by atomic mass is 35.5. The fourth-order valence-electron chi connectivity index (χ4n) is 3.66. The van der Waals surface area contributed by atoms with E-state index in [1.54, 1.807) is 11.0 Å². The molecule has 1 unspecified atom stereocenters. The summed E-state index contributed by atoms with van der Waals surface area (Å²) >= 11 is 7.93. The van der Waals surface area contributed by atoms with Crippen molar-refractivity contribution in [3.8, 4) is 16.9 Å². The van der Waals surface area contributed by atoms with E-state index in [9.17, 15) is 13.2 Å². The Kier molecular flexibility index (Phi) is 6.65. The van der Waals surface area contributed by atoms with Crippen molar-refractivity contribution < 1.29 is 17.9 Å². The van der Waals surface area contributed by atoms with Crippen LogP contribution in [0, 0.1) is 0 Å². The Morgan fingerprint density at radius 3 is 2.55 bits per heavy atom. The summed E-state index contributed by atoms with van der Waals surface area (Å²) in [7, 11) is -3.11. The van der Waals surface area contributed by atoms with Gasteiger partial charge in [0.05, 0.1) is 23.1 Å². The van der Waals surface area contributed by atoms with E-state index in [4.69, 9.17) is 16.3 Å². The molecule has 2 heterocycles. The lowest BCUT2D eigenvalue weighted by Gasteiger charge is -2.28. The lowest BCUT2D eigenvalue weighted by molar-refractivity contribution is -0.135. The Balaban J connectivity index is 1.46. The second-order valence-electron chi connectivity index (χ2n) is 7.46. The van der Waals surface area contributed by atoms with Gasteiger partial charge in [0.25, 0.3) is 5.91 Å². The summed E-state index contributed by atoms with van der Waals surface area (Å²) in [6, 6.07) is 18.8. The smallest absolute Gasteiger partial charge is 0.261 e. The first-order valence-corrected chi connectivity index (χ1v) is 13.0. The lowest BCUT2D eigenvalue weighted by Crippen LogP contribution is -2.42.